The standard InChI is InChI=1S/C9H9N3O/c1-7(12-10)9(13)11-8-5-3-2-4-6-8/h2-6H,1H3,(H,11,13). The molecular formula is C9H9N3O. The summed E-state index contributed by atoms with van der Waals surface area (Å²) in [5.41, 5.74) is 9.02. The summed E-state index contributed by atoms with van der Waals surface area (Å²) in [7, 11) is 0. The van der Waals surface area contributed by atoms with Crippen molar-refractivity contribution >= 4 is 17.3 Å². The number of hydrogen-bond acceptors (Lipinski definition) is 1. The maximum absolute atomic E-state index is 11.1. The smallest absolute Gasteiger partial charge is 0.353 e. The van der Waals surface area contributed by atoms with Gasteiger partial charge < -0.3 is 10.8 Å². The number of carbonyl (C=O) groups excluding carboxylic acids is 1. The quantitative estimate of drug-likeness (QED) is 0.411. The molecule has 0 aliphatic carbocycles. The van der Waals surface area contributed by atoms with Crippen molar-refractivity contribution in [3.8, 4) is 0 Å². The van der Waals surface area contributed by atoms with Crippen LogP contribution in [0, 0.1) is 0 Å². The Balaban J connectivity index is 2.71. The second kappa shape index (κ2) is 4.18. The minimum atomic E-state index is -0.409. The minimum Gasteiger partial charge on any atom is -0.361 e. The summed E-state index contributed by atoms with van der Waals surface area (Å²) in [5, 5.41) is 2.56. The van der Waals surface area contributed by atoms with E-state index in [1.54, 1.807) is 24.3 Å². The zero-order valence-corrected chi connectivity index (χ0v) is 7.19. The summed E-state index contributed by atoms with van der Waals surface area (Å²) in [6.07, 6.45) is 0. The first-order valence-corrected chi connectivity index (χ1v) is 3.79. The third kappa shape index (κ3) is 2.54. The average Bonchev–Trinajstić information content (AvgIpc) is 2.18. The van der Waals surface area contributed by atoms with Gasteiger partial charge in [0.25, 0.3) is 0 Å². The van der Waals surface area contributed by atoms with Gasteiger partial charge in [0.1, 0.15) is 0 Å². The fourth-order valence-electron chi connectivity index (χ4n) is 0.788. The molecule has 66 valence electrons. The minimum absolute atomic E-state index is 0.0313. The summed E-state index contributed by atoms with van der Waals surface area (Å²) in [4.78, 5) is 13.9. The normalized spacial score (nSPS) is 8.69. The largest absolute Gasteiger partial charge is 0.361 e. The van der Waals surface area contributed by atoms with Gasteiger partial charge in [-0.05, 0) is 12.1 Å². The SMILES string of the molecule is CC(=[N+]=[N-])C(=O)Nc1ccccc1. The van der Waals surface area contributed by atoms with Crippen molar-refractivity contribution in [2.24, 2.45) is 0 Å². The molecule has 0 aliphatic rings. The van der Waals surface area contributed by atoms with E-state index in [0.29, 0.717) is 5.69 Å². The lowest BCUT2D eigenvalue weighted by Gasteiger charge is -1.98. The lowest BCUT2D eigenvalue weighted by atomic mass is 10.3. The lowest BCUT2D eigenvalue weighted by Crippen LogP contribution is -2.20. The highest BCUT2D eigenvalue weighted by atomic mass is 16.1. The van der Waals surface area contributed by atoms with Crippen molar-refractivity contribution in [2.45, 2.75) is 6.92 Å². The predicted octanol–water partition coefficient (Wildman–Crippen LogP) is 1.32. The van der Waals surface area contributed by atoms with Crippen LogP contribution in [0.15, 0.2) is 30.3 Å². The van der Waals surface area contributed by atoms with Gasteiger partial charge in [-0.15, -0.1) is 0 Å². The molecule has 13 heavy (non-hydrogen) atoms. The third-order valence-corrected chi connectivity index (χ3v) is 1.51. The Kier molecular flexibility index (Phi) is 2.95. The number of anilines is 1. The van der Waals surface area contributed by atoms with Gasteiger partial charge in [-0.3, -0.25) is 4.79 Å². The summed E-state index contributed by atoms with van der Waals surface area (Å²) in [6, 6.07) is 8.97. The first-order valence-electron chi connectivity index (χ1n) is 3.79. The Hall–Kier alpha value is -1.93. The monoisotopic (exact) mass is 175 g/mol. The maximum atomic E-state index is 11.1. The van der Waals surface area contributed by atoms with Crippen molar-refractivity contribution in [1.82, 2.24) is 0 Å². The summed E-state index contributed by atoms with van der Waals surface area (Å²) in [6.45, 7) is 1.43. The van der Waals surface area contributed by atoms with Crippen molar-refractivity contribution in [3.63, 3.8) is 0 Å². The average molecular weight is 175 g/mol. The topological polar surface area (TPSA) is 65.5 Å². The van der Waals surface area contributed by atoms with Crippen molar-refractivity contribution in [1.29, 1.82) is 0 Å². The number of amides is 1. The lowest BCUT2D eigenvalue weighted by molar-refractivity contribution is -0.114. The highest BCUT2D eigenvalue weighted by Crippen LogP contribution is 2.04. The number of para-hydroxylation sites is 1. The predicted molar refractivity (Wildman–Crippen MR) is 49.4 cm³/mol. The molecule has 0 spiro atoms. The van der Waals surface area contributed by atoms with Crippen LogP contribution in [0.1, 0.15) is 6.92 Å². The molecule has 1 rings (SSSR count). The third-order valence-electron chi connectivity index (χ3n) is 1.51. The molecule has 0 aromatic heterocycles. The second-order valence-corrected chi connectivity index (χ2v) is 2.51. The van der Waals surface area contributed by atoms with Gasteiger partial charge in [-0.25, -0.2) is 0 Å². The van der Waals surface area contributed by atoms with Crippen LogP contribution in [-0.2, 0) is 4.79 Å². The van der Waals surface area contributed by atoms with Crippen molar-refractivity contribution in [3.05, 3.63) is 35.9 Å². The molecule has 0 fully saturated rings. The van der Waals surface area contributed by atoms with E-state index in [2.05, 4.69) is 10.1 Å². The van der Waals surface area contributed by atoms with E-state index in [0.717, 1.165) is 0 Å². The van der Waals surface area contributed by atoms with Crippen LogP contribution in [0.4, 0.5) is 5.69 Å². The number of carbonyl (C=O) groups is 1. The van der Waals surface area contributed by atoms with Crippen molar-refractivity contribution < 1.29 is 9.58 Å². The number of nitrogens with one attached hydrogen (secondary N) is 1. The Morgan fingerprint density at radius 1 is 1.38 bits per heavy atom. The van der Waals surface area contributed by atoms with Gasteiger partial charge in [-0.2, -0.15) is 4.79 Å². The van der Waals surface area contributed by atoms with E-state index in [1.165, 1.54) is 6.92 Å². The van der Waals surface area contributed by atoms with Crippen LogP contribution >= 0.6 is 0 Å². The van der Waals surface area contributed by atoms with E-state index in [-0.39, 0.29) is 5.71 Å². The molecule has 0 aliphatic heterocycles. The first-order chi connectivity index (χ1) is 6.24. The molecule has 0 saturated carbocycles. The highest BCUT2D eigenvalue weighted by molar-refractivity contribution is 6.39. The first kappa shape index (κ1) is 9.16. The molecule has 0 atom stereocenters. The molecule has 1 amide bonds. The number of hydrogen-bond donors (Lipinski definition) is 1. The van der Waals surface area contributed by atoms with Crippen LogP contribution in [0.5, 0.6) is 0 Å². The molecule has 0 heterocycles. The van der Waals surface area contributed by atoms with Crippen LogP contribution in [-0.4, -0.2) is 16.4 Å². The fraction of sp³-hybridized carbons (Fsp3) is 0.111. The molecule has 1 N–H and O–H groups in total. The van der Waals surface area contributed by atoms with Crippen LogP contribution < -0.4 is 5.32 Å². The Morgan fingerprint density at radius 3 is 2.54 bits per heavy atom. The molecular weight excluding hydrogens is 166 g/mol. The van der Waals surface area contributed by atoms with Crippen LogP contribution in [0.25, 0.3) is 5.53 Å². The summed E-state index contributed by atoms with van der Waals surface area (Å²) >= 11 is 0. The molecule has 1 aromatic carbocycles. The van der Waals surface area contributed by atoms with Gasteiger partial charge in [0, 0.05) is 12.6 Å². The highest BCUT2D eigenvalue weighted by Gasteiger charge is 2.12. The fourth-order valence-corrected chi connectivity index (χ4v) is 0.788. The van der Waals surface area contributed by atoms with Gasteiger partial charge in [0.2, 0.25) is 0 Å². The molecule has 0 bridgehead atoms. The summed E-state index contributed by atoms with van der Waals surface area (Å²) in [5.74, 6) is -0.409. The molecule has 4 nitrogen and oxygen atoms in total. The molecule has 0 saturated heterocycles. The maximum Gasteiger partial charge on any atom is 0.353 e. The Bertz CT molecular complexity index is 352. The van der Waals surface area contributed by atoms with Crippen molar-refractivity contribution in [2.75, 3.05) is 5.32 Å². The molecule has 0 unspecified atom stereocenters. The number of rotatable bonds is 2. The Labute approximate surface area is 75.8 Å². The Morgan fingerprint density at radius 2 is 2.00 bits per heavy atom. The van der Waals surface area contributed by atoms with Crippen LogP contribution in [0.2, 0.25) is 0 Å². The van der Waals surface area contributed by atoms with Crippen LogP contribution in [0.3, 0.4) is 0 Å². The zero-order valence-electron chi connectivity index (χ0n) is 7.19. The van der Waals surface area contributed by atoms with E-state index in [4.69, 9.17) is 5.53 Å². The van der Waals surface area contributed by atoms with Gasteiger partial charge in [-0.1, -0.05) is 18.2 Å². The van der Waals surface area contributed by atoms with Gasteiger partial charge in [0.05, 0.1) is 0 Å². The van der Waals surface area contributed by atoms with Gasteiger partial charge >= 0.3 is 11.6 Å². The number of benzene rings is 1. The summed E-state index contributed by atoms with van der Waals surface area (Å²) < 4.78 is 0. The zero-order chi connectivity index (χ0) is 9.68. The molecule has 0 radical (unpaired) electrons. The van der Waals surface area contributed by atoms with E-state index in [9.17, 15) is 4.79 Å². The molecule has 1 aromatic rings. The van der Waals surface area contributed by atoms with E-state index >= 15 is 0 Å². The van der Waals surface area contributed by atoms with E-state index < -0.39 is 5.91 Å². The van der Waals surface area contributed by atoms with E-state index in [1.807, 2.05) is 6.07 Å². The number of nitrogens with zero attached hydrogens (tertiary/aromatic N) is 2. The second-order valence-electron chi connectivity index (χ2n) is 2.51. The molecule has 4 heteroatoms. The van der Waals surface area contributed by atoms with Gasteiger partial charge in [0.15, 0.2) is 0 Å².